The van der Waals surface area contributed by atoms with Crippen LogP contribution in [0.25, 0.3) is 6.08 Å². The second kappa shape index (κ2) is 5.68. The maximum atomic E-state index is 13.7. The molecule has 110 valence electrons. The molecule has 2 aliphatic rings. The first-order valence-electron chi connectivity index (χ1n) is 7.12. The van der Waals surface area contributed by atoms with Crippen molar-refractivity contribution >= 4 is 17.8 Å². The molecule has 0 saturated heterocycles. The van der Waals surface area contributed by atoms with Crippen LogP contribution in [0.3, 0.4) is 0 Å². The number of hydrogen-bond acceptors (Lipinski definition) is 3. The van der Waals surface area contributed by atoms with E-state index in [1.165, 1.54) is 32.1 Å². The molecule has 0 spiro atoms. The van der Waals surface area contributed by atoms with Gasteiger partial charge in [0.25, 0.3) is 5.91 Å². The highest BCUT2D eigenvalue weighted by atomic mass is 19.1. The van der Waals surface area contributed by atoms with Gasteiger partial charge in [0.05, 0.1) is 7.11 Å². The molecule has 4 nitrogen and oxygen atoms in total. The SMILES string of the molecule is COc1ccc(/C=C2/N=C(C3CCCC3)NC2=O)cc1F. The molecule has 1 aliphatic heterocycles. The number of aliphatic imine (C=N–C) groups is 1. The van der Waals surface area contributed by atoms with E-state index >= 15 is 0 Å². The number of carbonyl (C=O) groups excluding carboxylic acids is 1. The van der Waals surface area contributed by atoms with E-state index in [2.05, 4.69) is 10.3 Å². The third-order valence-corrected chi connectivity index (χ3v) is 3.94. The van der Waals surface area contributed by atoms with Gasteiger partial charge in [0, 0.05) is 5.92 Å². The molecule has 1 fully saturated rings. The fourth-order valence-electron chi connectivity index (χ4n) is 2.81. The first-order valence-corrected chi connectivity index (χ1v) is 7.12. The number of ether oxygens (including phenoxy) is 1. The van der Waals surface area contributed by atoms with Crippen molar-refractivity contribution in [3.8, 4) is 5.75 Å². The van der Waals surface area contributed by atoms with Crippen LogP contribution in [0.2, 0.25) is 0 Å². The Morgan fingerprint density at radius 3 is 2.81 bits per heavy atom. The van der Waals surface area contributed by atoms with Crippen LogP contribution in [0.5, 0.6) is 5.75 Å². The third-order valence-electron chi connectivity index (χ3n) is 3.94. The van der Waals surface area contributed by atoms with Crippen molar-refractivity contribution in [2.75, 3.05) is 7.11 Å². The van der Waals surface area contributed by atoms with Crippen molar-refractivity contribution in [1.82, 2.24) is 5.32 Å². The first kappa shape index (κ1) is 13.8. The molecule has 1 amide bonds. The zero-order valence-corrected chi connectivity index (χ0v) is 11.9. The molecular weight excluding hydrogens is 271 g/mol. The predicted octanol–water partition coefficient (Wildman–Crippen LogP) is 2.89. The Bertz CT molecular complexity index is 631. The first-order chi connectivity index (χ1) is 10.2. The second-order valence-corrected chi connectivity index (χ2v) is 5.36. The van der Waals surface area contributed by atoms with Crippen molar-refractivity contribution in [3.05, 3.63) is 35.3 Å². The number of rotatable bonds is 3. The predicted molar refractivity (Wildman–Crippen MR) is 78.5 cm³/mol. The van der Waals surface area contributed by atoms with Crippen LogP contribution in [0.4, 0.5) is 4.39 Å². The van der Waals surface area contributed by atoms with E-state index in [1.54, 1.807) is 12.1 Å². The van der Waals surface area contributed by atoms with Gasteiger partial charge in [-0.1, -0.05) is 18.9 Å². The minimum absolute atomic E-state index is 0.183. The van der Waals surface area contributed by atoms with E-state index in [4.69, 9.17) is 4.74 Å². The molecular formula is C16H17FN2O2. The summed E-state index contributed by atoms with van der Waals surface area (Å²) >= 11 is 0. The molecule has 21 heavy (non-hydrogen) atoms. The lowest BCUT2D eigenvalue weighted by Crippen LogP contribution is -2.29. The topological polar surface area (TPSA) is 50.7 Å². The summed E-state index contributed by atoms with van der Waals surface area (Å²) in [5, 5.41) is 2.83. The number of nitrogens with one attached hydrogen (secondary N) is 1. The van der Waals surface area contributed by atoms with Crippen molar-refractivity contribution in [1.29, 1.82) is 0 Å². The largest absolute Gasteiger partial charge is 0.494 e. The van der Waals surface area contributed by atoms with Crippen molar-refractivity contribution in [2.45, 2.75) is 25.7 Å². The van der Waals surface area contributed by atoms with Crippen LogP contribution >= 0.6 is 0 Å². The molecule has 1 aliphatic carbocycles. The van der Waals surface area contributed by atoms with Crippen LogP contribution in [0.15, 0.2) is 28.9 Å². The Hall–Kier alpha value is -2.17. The van der Waals surface area contributed by atoms with Gasteiger partial charge in [-0.25, -0.2) is 9.38 Å². The fourth-order valence-corrected chi connectivity index (χ4v) is 2.81. The van der Waals surface area contributed by atoms with E-state index < -0.39 is 5.82 Å². The number of carbonyl (C=O) groups is 1. The van der Waals surface area contributed by atoms with Crippen molar-refractivity contribution in [2.24, 2.45) is 10.9 Å². The van der Waals surface area contributed by atoms with Gasteiger partial charge in [-0.05, 0) is 36.6 Å². The number of nitrogens with zero attached hydrogens (tertiary/aromatic N) is 1. The van der Waals surface area contributed by atoms with Gasteiger partial charge in [0.1, 0.15) is 11.5 Å². The maximum absolute atomic E-state index is 13.7. The molecule has 1 N–H and O–H groups in total. The van der Waals surface area contributed by atoms with Gasteiger partial charge >= 0.3 is 0 Å². The average Bonchev–Trinajstić information content (AvgIpc) is 3.10. The summed E-state index contributed by atoms with van der Waals surface area (Å²) in [7, 11) is 1.42. The maximum Gasteiger partial charge on any atom is 0.275 e. The minimum Gasteiger partial charge on any atom is -0.494 e. The Kier molecular flexibility index (Phi) is 3.73. The van der Waals surface area contributed by atoms with Gasteiger partial charge in [-0.2, -0.15) is 0 Å². The molecule has 1 aromatic carbocycles. The lowest BCUT2D eigenvalue weighted by Gasteiger charge is -2.06. The Labute approximate surface area is 122 Å². The number of halogens is 1. The normalized spacial score (nSPS) is 20.8. The van der Waals surface area contributed by atoms with Crippen LogP contribution in [-0.4, -0.2) is 18.9 Å². The number of amidine groups is 1. The Balaban J connectivity index is 1.85. The monoisotopic (exact) mass is 288 g/mol. The molecule has 1 heterocycles. The number of amides is 1. The quantitative estimate of drug-likeness (QED) is 0.869. The van der Waals surface area contributed by atoms with E-state index in [9.17, 15) is 9.18 Å². The minimum atomic E-state index is -0.453. The summed E-state index contributed by atoms with van der Waals surface area (Å²) in [5.74, 6) is 0.631. The zero-order chi connectivity index (χ0) is 14.8. The summed E-state index contributed by atoms with van der Waals surface area (Å²) < 4.78 is 18.5. The lowest BCUT2D eigenvalue weighted by molar-refractivity contribution is -0.115. The summed E-state index contributed by atoms with van der Waals surface area (Å²) in [6.07, 6.45) is 6.11. The summed E-state index contributed by atoms with van der Waals surface area (Å²) in [6.45, 7) is 0. The number of benzene rings is 1. The van der Waals surface area contributed by atoms with Gasteiger partial charge in [0.2, 0.25) is 0 Å². The molecule has 0 bridgehead atoms. The molecule has 3 rings (SSSR count). The fraction of sp³-hybridized carbons (Fsp3) is 0.375. The smallest absolute Gasteiger partial charge is 0.275 e. The highest BCUT2D eigenvalue weighted by molar-refractivity contribution is 6.15. The van der Waals surface area contributed by atoms with Crippen molar-refractivity contribution in [3.63, 3.8) is 0 Å². The highest BCUT2D eigenvalue weighted by Crippen LogP contribution is 2.28. The zero-order valence-electron chi connectivity index (χ0n) is 11.9. The van der Waals surface area contributed by atoms with Crippen LogP contribution in [-0.2, 0) is 4.79 Å². The van der Waals surface area contributed by atoms with Gasteiger partial charge < -0.3 is 10.1 Å². The average molecular weight is 288 g/mol. The summed E-state index contributed by atoms with van der Waals surface area (Å²) in [6, 6.07) is 4.57. The van der Waals surface area contributed by atoms with Gasteiger partial charge in [0.15, 0.2) is 11.6 Å². The van der Waals surface area contributed by atoms with Gasteiger partial charge in [-0.3, -0.25) is 4.79 Å². The van der Waals surface area contributed by atoms with E-state index in [1.807, 2.05) is 0 Å². The summed E-state index contributed by atoms with van der Waals surface area (Å²) in [4.78, 5) is 16.3. The van der Waals surface area contributed by atoms with E-state index in [-0.39, 0.29) is 11.7 Å². The number of hydrogen-bond donors (Lipinski definition) is 1. The molecule has 5 heteroatoms. The third kappa shape index (κ3) is 2.82. The van der Waals surface area contributed by atoms with Crippen molar-refractivity contribution < 1.29 is 13.9 Å². The number of methoxy groups -OCH3 is 1. The lowest BCUT2D eigenvalue weighted by atomic mass is 10.1. The summed E-state index contributed by atoms with van der Waals surface area (Å²) in [5.41, 5.74) is 0.927. The molecule has 0 atom stereocenters. The van der Waals surface area contributed by atoms with E-state index in [0.29, 0.717) is 17.2 Å². The molecule has 1 aromatic rings. The second-order valence-electron chi connectivity index (χ2n) is 5.36. The van der Waals surface area contributed by atoms with Crippen LogP contribution in [0.1, 0.15) is 31.2 Å². The molecule has 0 aromatic heterocycles. The van der Waals surface area contributed by atoms with Crippen LogP contribution in [0, 0.1) is 11.7 Å². The Morgan fingerprint density at radius 2 is 2.14 bits per heavy atom. The highest BCUT2D eigenvalue weighted by Gasteiger charge is 2.28. The van der Waals surface area contributed by atoms with E-state index in [0.717, 1.165) is 18.7 Å². The van der Waals surface area contributed by atoms with Gasteiger partial charge in [-0.15, -0.1) is 0 Å². The van der Waals surface area contributed by atoms with Crippen LogP contribution < -0.4 is 10.1 Å². The Morgan fingerprint density at radius 1 is 1.38 bits per heavy atom. The molecule has 0 radical (unpaired) electrons. The standard InChI is InChI=1S/C16H17FN2O2/c1-21-14-7-6-10(8-12(14)17)9-13-16(20)19-15(18-13)11-4-2-3-5-11/h6-9,11H,2-5H2,1H3,(H,18,19,20)/b13-9+. The molecule has 1 saturated carbocycles. The molecule has 0 unspecified atom stereocenters.